The van der Waals surface area contributed by atoms with Crippen LogP contribution in [0.4, 0.5) is 8.78 Å². The zero-order valence-electron chi connectivity index (χ0n) is 25.2. The predicted molar refractivity (Wildman–Crippen MR) is 150 cm³/mol. The molecule has 4 radical (unpaired) electrons. The van der Waals surface area contributed by atoms with E-state index in [1.54, 1.807) is 41.5 Å². The summed E-state index contributed by atoms with van der Waals surface area (Å²) in [5.74, 6) is 0. The number of alkyl halides is 2. The van der Waals surface area contributed by atoms with Crippen molar-refractivity contribution in [2.75, 3.05) is 13.2 Å². The second-order valence-electron chi connectivity index (χ2n) is 12.5. The van der Waals surface area contributed by atoms with Gasteiger partial charge in [0.05, 0.1) is 35.7 Å². The molecule has 0 spiro atoms. The number of hydrogen-bond donors (Lipinski definition) is 2. The maximum atomic E-state index is 14.2. The normalized spacial score (nSPS) is 34.4. The van der Waals surface area contributed by atoms with E-state index in [4.69, 9.17) is 43.7 Å². The van der Waals surface area contributed by atoms with Gasteiger partial charge in [0.2, 0.25) is 0 Å². The summed E-state index contributed by atoms with van der Waals surface area (Å²) in [6.07, 6.45) is -7.68. The Morgan fingerprint density at radius 3 is 1.23 bits per heavy atom. The monoisotopic (exact) mass is 616 g/mol. The second kappa shape index (κ2) is 14.7. The van der Waals surface area contributed by atoms with Crippen molar-refractivity contribution < 1.29 is 55.7 Å². The Morgan fingerprint density at radius 1 is 0.725 bits per heavy atom. The molecule has 40 heavy (non-hydrogen) atoms. The van der Waals surface area contributed by atoms with Crippen LogP contribution in [0.25, 0.3) is 0 Å². The minimum atomic E-state index is -4.01. The Balaban J connectivity index is 0.000000400. The van der Waals surface area contributed by atoms with Gasteiger partial charge in [0.1, 0.15) is 40.1 Å². The van der Waals surface area contributed by atoms with Crippen LogP contribution in [0, 0.1) is 0 Å². The molecule has 0 aromatic rings. The summed E-state index contributed by atoms with van der Waals surface area (Å²) in [5, 5.41) is -2.03. The molecule has 16 heteroatoms. The number of ether oxygens (including phenoxy) is 4. The zero-order valence-corrected chi connectivity index (χ0v) is 26.9. The molecule has 2 N–H and O–H groups in total. The van der Waals surface area contributed by atoms with Gasteiger partial charge in [-0.15, -0.1) is 0 Å². The summed E-state index contributed by atoms with van der Waals surface area (Å²) < 4.78 is 83.7. The minimum absolute atomic E-state index is 0.0254. The van der Waals surface area contributed by atoms with Crippen LogP contribution in [0.3, 0.4) is 0 Å². The van der Waals surface area contributed by atoms with Gasteiger partial charge in [0.25, 0.3) is 0 Å². The number of rotatable bonds is 10. The summed E-state index contributed by atoms with van der Waals surface area (Å²) in [5.41, 5.74) is 0. The minimum Gasteiger partial charge on any atom is -0.376 e. The smallest absolute Gasteiger partial charge is 0.333 e. The SMILES string of the molecule is [B]C1OC(COC(C)C)[C@@H](F)[C@H]1OP(=O)(O)C(C)(C)C.[B]C1OC(COC(C)C)[C@H](F)[C@H]1OP(=O)(O)C(C)(C)C. The third-order valence-corrected chi connectivity index (χ3v) is 10.5. The molecule has 2 aliphatic heterocycles. The van der Waals surface area contributed by atoms with Gasteiger partial charge in [-0.25, -0.2) is 8.78 Å². The maximum absolute atomic E-state index is 14.2. The average molecular weight is 616 g/mol. The van der Waals surface area contributed by atoms with E-state index in [1.807, 2.05) is 27.7 Å². The van der Waals surface area contributed by atoms with Crippen LogP contribution in [0.2, 0.25) is 0 Å². The molecule has 232 valence electrons. The number of halogens is 2. The fourth-order valence-electron chi connectivity index (χ4n) is 3.21. The molecule has 2 aliphatic rings. The highest BCUT2D eigenvalue weighted by Gasteiger charge is 2.50. The first-order valence-corrected chi connectivity index (χ1v) is 16.4. The molecule has 0 aromatic carbocycles. The second-order valence-corrected chi connectivity index (χ2v) is 17.6. The lowest BCUT2D eigenvalue weighted by Crippen LogP contribution is -2.35. The van der Waals surface area contributed by atoms with E-state index in [-0.39, 0.29) is 25.4 Å². The van der Waals surface area contributed by atoms with Crippen molar-refractivity contribution in [2.24, 2.45) is 0 Å². The van der Waals surface area contributed by atoms with Gasteiger partial charge in [0.15, 0.2) is 12.3 Å². The van der Waals surface area contributed by atoms with Crippen LogP contribution in [0.1, 0.15) is 69.2 Å². The van der Waals surface area contributed by atoms with Gasteiger partial charge >= 0.3 is 15.2 Å². The van der Waals surface area contributed by atoms with Crippen LogP contribution >= 0.6 is 15.2 Å². The summed E-state index contributed by atoms with van der Waals surface area (Å²) in [6, 6.07) is -2.18. The Kier molecular flexibility index (Phi) is 14.1. The highest BCUT2D eigenvalue weighted by atomic mass is 31.2. The molecule has 2 fully saturated rings. The van der Waals surface area contributed by atoms with E-state index in [1.165, 1.54) is 0 Å². The molecule has 0 bridgehead atoms. The third-order valence-electron chi connectivity index (χ3n) is 6.06. The van der Waals surface area contributed by atoms with Crippen molar-refractivity contribution in [1.29, 1.82) is 0 Å². The molecule has 0 saturated carbocycles. The molecule has 10 atom stereocenters. The zero-order chi connectivity index (χ0) is 31.4. The Labute approximate surface area is 240 Å². The summed E-state index contributed by atoms with van der Waals surface area (Å²) in [6.45, 7) is 16.6. The molecule has 2 heterocycles. The van der Waals surface area contributed by atoms with Gasteiger partial charge in [-0.1, -0.05) is 0 Å². The molecule has 0 aliphatic carbocycles. The van der Waals surface area contributed by atoms with E-state index in [0.717, 1.165) is 0 Å². The summed E-state index contributed by atoms with van der Waals surface area (Å²) >= 11 is 0. The molecular weight excluding hydrogens is 570 g/mol. The van der Waals surface area contributed by atoms with E-state index in [9.17, 15) is 27.7 Å². The fraction of sp³-hybridized carbons (Fsp3) is 1.00. The highest BCUT2D eigenvalue weighted by Crippen LogP contribution is 2.58. The predicted octanol–water partition coefficient (Wildman–Crippen LogP) is 4.02. The quantitative estimate of drug-likeness (QED) is 0.274. The lowest BCUT2D eigenvalue weighted by atomic mass is 9.94. The van der Waals surface area contributed by atoms with E-state index < -0.39 is 74.3 Å². The first-order chi connectivity index (χ1) is 17.9. The highest BCUT2D eigenvalue weighted by molar-refractivity contribution is 7.54. The Bertz CT molecular complexity index is 817. The van der Waals surface area contributed by atoms with Gasteiger partial charge < -0.3 is 28.7 Å². The molecule has 0 aromatic heterocycles. The largest absolute Gasteiger partial charge is 0.376 e. The molecular formula is C24H46B2F2O10P2. The maximum Gasteiger partial charge on any atom is 0.333 e. The van der Waals surface area contributed by atoms with Gasteiger partial charge in [-0.2, -0.15) is 0 Å². The van der Waals surface area contributed by atoms with Gasteiger partial charge in [0, 0.05) is 12.0 Å². The average Bonchev–Trinajstić information content (AvgIpc) is 3.19. The van der Waals surface area contributed by atoms with E-state index in [0.29, 0.717) is 0 Å². The summed E-state index contributed by atoms with van der Waals surface area (Å²) in [4.78, 5) is 19.8. The van der Waals surface area contributed by atoms with Gasteiger partial charge in [-0.05, 0) is 69.2 Å². The standard InChI is InChI=1S/2C12H23BFO5P/c2*1-7(2)17-6-8-9(14)10(11(13)18-8)19-20(15,16)12(3,4)5/h2*7-11H,6H2,1-5H3,(H,15,16)/t8?,9-,10+,11?;8?,9-,10-,11?/m01/s1. The first-order valence-electron chi connectivity index (χ1n) is 13.3. The summed E-state index contributed by atoms with van der Waals surface area (Å²) in [7, 11) is 3.27. The number of hydrogen-bond acceptors (Lipinski definition) is 8. The van der Waals surface area contributed by atoms with Crippen molar-refractivity contribution in [1.82, 2.24) is 0 Å². The Hall–Kier alpha value is 0.130. The topological polar surface area (TPSA) is 130 Å². The van der Waals surface area contributed by atoms with Crippen LogP contribution in [-0.4, -0.2) is 110 Å². The van der Waals surface area contributed by atoms with Crippen LogP contribution < -0.4 is 0 Å². The fourth-order valence-corrected chi connectivity index (χ4v) is 4.98. The Morgan fingerprint density at radius 2 is 1.00 bits per heavy atom. The van der Waals surface area contributed by atoms with Crippen molar-refractivity contribution in [3.05, 3.63) is 0 Å². The lowest BCUT2D eigenvalue weighted by molar-refractivity contribution is -0.0322. The van der Waals surface area contributed by atoms with E-state index >= 15 is 0 Å². The molecule has 10 nitrogen and oxygen atoms in total. The first kappa shape index (κ1) is 38.2. The molecule has 2 rings (SSSR count). The van der Waals surface area contributed by atoms with Crippen LogP contribution in [-0.2, 0) is 37.1 Å². The van der Waals surface area contributed by atoms with Gasteiger partial charge in [-0.3, -0.25) is 18.2 Å². The van der Waals surface area contributed by atoms with Crippen molar-refractivity contribution >= 4 is 30.9 Å². The van der Waals surface area contributed by atoms with Crippen molar-refractivity contribution in [3.8, 4) is 0 Å². The van der Waals surface area contributed by atoms with Crippen molar-refractivity contribution in [3.63, 3.8) is 0 Å². The van der Waals surface area contributed by atoms with E-state index in [2.05, 4.69) is 0 Å². The van der Waals surface area contributed by atoms with Crippen molar-refractivity contribution in [2.45, 2.75) is 141 Å². The third kappa shape index (κ3) is 10.7. The molecule has 2 saturated heterocycles. The molecule has 0 amide bonds. The molecule has 6 unspecified atom stereocenters. The van der Waals surface area contributed by atoms with Crippen LogP contribution in [0.15, 0.2) is 0 Å². The lowest BCUT2D eigenvalue weighted by Gasteiger charge is -2.29. The van der Waals surface area contributed by atoms with Crippen LogP contribution in [0.5, 0.6) is 0 Å².